The molecule has 0 aromatic heterocycles. The summed E-state index contributed by atoms with van der Waals surface area (Å²) in [7, 11) is -1.90. The van der Waals surface area contributed by atoms with Gasteiger partial charge in [-0.15, -0.1) is 0 Å². The monoisotopic (exact) mass is 228 g/mol. The summed E-state index contributed by atoms with van der Waals surface area (Å²) in [6.07, 6.45) is 7.38. The summed E-state index contributed by atoms with van der Waals surface area (Å²) in [5.41, 5.74) is 0. The quantitative estimate of drug-likeness (QED) is 0.468. The third-order valence-electron chi connectivity index (χ3n) is 2.81. The van der Waals surface area contributed by atoms with E-state index in [1.54, 1.807) is 0 Å². The van der Waals surface area contributed by atoms with Gasteiger partial charge in [-0.1, -0.05) is 19.1 Å². The van der Waals surface area contributed by atoms with E-state index in [0.717, 1.165) is 31.2 Å². The second-order valence-electron chi connectivity index (χ2n) is 4.10. The fraction of sp³-hybridized carbons (Fsp3) is 0.833. The Morgan fingerprint density at radius 1 is 1.13 bits per heavy atom. The Hall–Kier alpha value is -0.123. The maximum Gasteiger partial charge on any atom is 0.341 e. The van der Waals surface area contributed by atoms with Gasteiger partial charge >= 0.3 is 8.56 Å². The molecule has 0 radical (unpaired) electrons. The third kappa shape index (κ3) is 4.49. The van der Waals surface area contributed by atoms with Crippen LogP contribution in [0.25, 0.3) is 0 Å². The number of hydrogen-bond acceptors (Lipinski definition) is 2. The standard InChI is InChI=1S/C12H24O2Si/c1-4-13-15(6-3,14-5-2)11-7-8-12-9-10-12/h7-8,12H,4-6,9-11H2,1-3H3. The average molecular weight is 228 g/mol. The van der Waals surface area contributed by atoms with E-state index < -0.39 is 8.56 Å². The second-order valence-corrected chi connectivity index (χ2v) is 7.61. The van der Waals surface area contributed by atoms with Crippen molar-refractivity contribution in [1.82, 2.24) is 0 Å². The first-order valence-corrected chi connectivity index (χ1v) is 8.44. The van der Waals surface area contributed by atoms with Gasteiger partial charge < -0.3 is 8.85 Å². The van der Waals surface area contributed by atoms with Crippen molar-refractivity contribution in [3.05, 3.63) is 12.2 Å². The SMILES string of the molecule is CCO[Si](CC)(CC=CC1CC1)OCC. The van der Waals surface area contributed by atoms with Crippen molar-refractivity contribution in [3.8, 4) is 0 Å². The van der Waals surface area contributed by atoms with Crippen LogP contribution in [0.4, 0.5) is 0 Å². The summed E-state index contributed by atoms with van der Waals surface area (Å²) in [6, 6.07) is 2.06. The van der Waals surface area contributed by atoms with E-state index in [1.165, 1.54) is 12.8 Å². The minimum absolute atomic E-state index is 0.775. The lowest BCUT2D eigenvalue weighted by molar-refractivity contribution is 0.186. The molecular weight excluding hydrogens is 204 g/mol. The molecule has 0 saturated heterocycles. The second kappa shape index (κ2) is 6.46. The molecule has 1 fully saturated rings. The molecule has 0 unspecified atom stereocenters. The molecule has 1 aliphatic carbocycles. The third-order valence-corrected chi connectivity index (χ3v) is 6.38. The zero-order valence-corrected chi connectivity index (χ0v) is 11.3. The van der Waals surface area contributed by atoms with Crippen LogP contribution in [-0.4, -0.2) is 21.8 Å². The van der Waals surface area contributed by atoms with E-state index in [1.807, 2.05) is 0 Å². The molecule has 0 aromatic carbocycles. The van der Waals surface area contributed by atoms with Crippen LogP contribution in [0.15, 0.2) is 12.2 Å². The Kier molecular flexibility index (Phi) is 5.57. The molecule has 0 spiro atoms. The first kappa shape index (κ1) is 12.9. The van der Waals surface area contributed by atoms with Crippen LogP contribution in [0.1, 0.15) is 33.6 Å². The molecule has 0 amide bonds. The van der Waals surface area contributed by atoms with Crippen LogP contribution in [0.2, 0.25) is 12.1 Å². The van der Waals surface area contributed by atoms with Crippen molar-refractivity contribution in [3.63, 3.8) is 0 Å². The van der Waals surface area contributed by atoms with Crippen LogP contribution in [0.3, 0.4) is 0 Å². The molecule has 0 aromatic rings. The molecule has 0 heterocycles. The van der Waals surface area contributed by atoms with Gasteiger partial charge in [0.1, 0.15) is 0 Å². The minimum atomic E-state index is -1.90. The summed E-state index contributed by atoms with van der Waals surface area (Å²) in [5.74, 6) is 0.858. The van der Waals surface area contributed by atoms with Gasteiger partial charge in [-0.3, -0.25) is 0 Å². The molecule has 0 aliphatic heterocycles. The molecule has 1 rings (SSSR count). The van der Waals surface area contributed by atoms with Gasteiger partial charge in [-0.25, -0.2) is 0 Å². The van der Waals surface area contributed by atoms with E-state index in [9.17, 15) is 0 Å². The van der Waals surface area contributed by atoms with Crippen LogP contribution in [0, 0.1) is 5.92 Å². The number of rotatable bonds is 8. The smallest absolute Gasteiger partial charge is 0.341 e. The summed E-state index contributed by atoms with van der Waals surface area (Å²) in [6.45, 7) is 7.85. The predicted molar refractivity (Wildman–Crippen MR) is 66.2 cm³/mol. The summed E-state index contributed by atoms with van der Waals surface area (Å²) in [4.78, 5) is 0. The van der Waals surface area contributed by atoms with E-state index >= 15 is 0 Å². The Labute approximate surface area is 94.9 Å². The van der Waals surface area contributed by atoms with Gasteiger partial charge in [0.15, 0.2) is 0 Å². The van der Waals surface area contributed by atoms with Crippen molar-refractivity contribution in [2.75, 3.05) is 13.2 Å². The van der Waals surface area contributed by atoms with Crippen molar-refractivity contribution in [2.45, 2.75) is 45.7 Å². The van der Waals surface area contributed by atoms with Gasteiger partial charge in [0.2, 0.25) is 0 Å². The highest BCUT2D eigenvalue weighted by Crippen LogP contribution is 2.31. The molecule has 0 N–H and O–H groups in total. The topological polar surface area (TPSA) is 18.5 Å². The molecule has 0 bridgehead atoms. The number of hydrogen-bond donors (Lipinski definition) is 0. The fourth-order valence-corrected chi connectivity index (χ4v) is 4.33. The van der Waals surface area contributed by atoms with Crippen LogP contribution in [-0.2, 0) is 8.85 Å². The Morgan fingerprint density at radius 3 is 2.13 bits per heavy atom. The Morgan fingerprint density at radius 2 is 1.73 bits per heavy atom. The molecule has 1 aliphatic rings. The van der Waals surface area contributed by atoms with Crippen molar-refractivity contribution in [1.29, 1.82) is 0 Å². The Balaban J connectivity index is 2.43. The summed E-state index contributed by atoms with van der Waals surface area (Å²) >= 11 is 0. The van der Waals surface area contributed by atoms with E-state index in [4.69, 9.17) is 8.85 Å². The molecule has 15 heavy (non-hydrogen) atoms. The van der Waals surface area contributed by atoms with Gasteiger partial charge in [-0.05, 0) is 38.7 Å². The molecule has 0 atom stereocenters. The first-order chi connectivity index (χ1) is 7.26. The maximum atomic E-state index is 5.89. The van der Waals surface area contributed by atoms with Crippen molar-refractivity contribution >= 4 is 8.56 Å². The minimum Gasteiger partial charge on any atom is -0.394 e. The van der Waals surface area contributed by atoms with E-state index in [0.29, 0.717) is 0 Å². The lowest BCUT2D eigenvalue weighted by Crippen LogP contribution is -2.41. The van der Waals surface area contributed by atoms with Crippen molar-refractivity contribution < 1.29 is 8.85 Å². The zero-order chi connectivity index (χ0) is 11.1. The molecule has 3 heteroatoms. The van der Waals surface area contributed by atoms with Gasteiger partial charge in [0.05, 0.1) is 0 Å². The normalized spacial score (nSPS) is 17.5. The van der Waals surface area contributed by atoms with Gasteiger partial charge in [0, 0.05) is 19.3 Å². The first-order valence-electron chi connectivity index (χ1n) is 6.21. The zero-order valence-electron chi connectivity index (χ0n) is 10.3. The maximum absolute atomic E-state index is 5.89. The molecule has 88 valence electrons. The molecule has 1 saturated carbocycles. The predicted octanol–water partition coefficient (Wildman–Crippen LogP) is 3.49. The number of allylic oxidation sites excluding steroid dienone is 2. The largest absolute Gasteiger partial charge is 0.394 e. The lowest BCUT2D eigenvalue weighted by atomic mass is 10.4. The van der Waals surface area contributed by atoms with Gasteiger partial charge in [0.25, 0.3) is 0 Å². The highest BCUT2D eigenvalue weighted by molar-refractivity contribution is 6.67. The molecular formula is C12H24O2Si. The highest BCUT2D eigenvalue weighted by atomic mass is 28.4. The summed E-state index contributed by atoms with van der Waals surface area (Å²) in [5, 5.41) is 0. The Bertz CT molecular complexity index is 194. The highest BCUT2D eigenvalue weighted by Gasteiger charge is 2.33. The average Bonchev–Trinajstić information content (AvgIpc) is 3.02. The lowest BCUT2D eigenvalue weighted by Gasteiger charge is -2.27. The molecule has 2 nitrogen and oxygen atoms in total. The fourth-order valence-electron chi connectivity index (χ4n) is 1.76. The van der Waals surface area contributed by atoms with Crippen LogP contribution in [0.5, 0.6) is 0 Å². The van der Waals surface area contributed by atoms with Crippen molar-refractivity contribution in [2.24, 2.45) is 5.92 Å². The van der Waals surface area contributed by atoms with E-state index in [2.05, 4.69) is 32.9 Å². The van der Waals surface area contributed by atoms with Crippen LogP contribution < -0.4 is 0 Å². The van der Waals surface area contributed by atoms with E-state index in [-0.39, 0.29) is 0 Å². The van der Waals surface area contributed by atoms with Gasteiger partial charge in [-0.2, -0.15) is 0 Å². The van der Waals surface area contributed by atoms with Crippen LogP contribution >= 0.6 is 0 Å². The summed E-state index contributed by atoms with van der Waals surface area (Å²) < 4.78 is 11.8.